The summed E-state index contributed by atoms with van der Waals surface area (Å²) in [5.74, 6) is 0.642. The van der Waals surface area contributed by atoms with Crippen molar-refractivity contribution in [1.82, 2.24) is 30.9 Å². The fraction of sp³-hybridized carbons (Fsp3) is 0.556. The molecule has 86 valence electrons. The van der Waals surface area contributed by atoms with Crippen molar-refractivity contribution in [3.05, 3.63) is 11.2 Å². The second kappa shape index (κ2) is 5.13. The van der Waals surface area contributed by atoms with Gasteiger partial charge in [-0.25, -0.2) is 0 Å². The Morgan fingerprint density at radius 1 is 1.44 bits per heavy atom. The molecule has 0 aromatic carbocycles. The molecule has 0 spiro atoms. The average Bonchev–Trinajstić information content (AvgIpc) is 2.85. The SMILES string of the molecule is CC(C)CNCc1nnc(-c2cn[nH]n2)s1. The molecule has 2 rings (SSSR count). The molecule has 0 bridgehead atoms. The predicted molar refractivity (Wildman–Crippen MR) is 61.8 cm³/mol. The van der Waals surface area contributed by atoms with Crippen LogP contribution in [0.4, 0.5) is 0 Å². The van der Waals surface area contributed by atoms with Crippen molar-refractivity contribution >= 4 is 11.3 Å². The molecule has 2 heterocycles. The highest BCUT2D eigenvalue weighted by Crippen LogP contribution is 2.19. The van der Waals surface area contributed by atoms with Gasteiger partial charge in [-0.3, -0.25) is 0 Å². The summed E-state index contributed by atoms with van der Waals surface area (Å²) < 4.78 is 0. The summed E-state index contributed by atoms with van der Waals surface area (Å²) in [6, 6.07) is 0. The lowest BCUT2D eigenvalue weighted by Crippen LogP contribution is -2.18. The van der Waals surface area contributed by atoms with Crippen molar-refractivity contribution < 1.29 is 0 Å². The molecule has 0 radical (unpaired) electrons. The van der Waals surface area contributed by atoms with Crippen LogP contribution in [0.1, 0.15) is 18.9 Å². The fourth-order valence-corrected chi connectivity index (χ4v) is 1.96. The second-order valence-corrected chi connectivity index (χ2v) is 4.94. The molecule has 0 aliphatic rings. The van der Waals surface area contributed by atoms with Gasteiger partial charge in [-0.05, 0) is 12.5 Å². The van der Waals surface area contributed by atoms with Gasteiger partial charge in [0.15, 0.2) is 5.01 Å². The Hall–Kier alpha value is -1.34. The van der Waals surface area contributed by atoms with E-state index in [1.807, 2.05) is 0 Å². The Morgan fingerprint density at radius 3 is 3.00 bits per heavy atom. The molecule has 0 aliphatic carbocycles. The van der Waals surface area contributed by atoms with Crippen LogP contribution in [0.2, 0.25) is 0 Å². The van der Waals surface area contributed by atoms with Crippen LogP contribution in [0.3, 0.4) is 0 Å². The topological polar surface area (TPSA) is 79.4 Å². The van der Waals surface area contributed by atoms with E-state index in [4.69, 9.17) is 0 Å². The Morgan fingerprint density at radius 2 is 2.31 bits per heavy atom. The number of aromatic amines is 1. The van der Waals surface area contributed by atoms with Crippen LogP contribution in [-0.4, -0.2) is 32.2 Å². The highest BCUT2D eigenvalue weighted by Gasteiger charge is 2.08. The summed E-state index contributed by atoms with van der Waals surface area (Å²) in [5, 5.41) is 23.5. The normalized spacial score (nSPS) is 11.2. The summed E-state index contributed by atoms with van der Waals surface area (Å²) in [7, 11) is 0. The van der Waals surface area contributed by atoms with E-state index in [1.165, 1.54) is 11.3 Å². The van der Waals surface area contributed by atoms with E-state index < -0.39 is 0 Å². The minimum Gasteiger partial charge on any atom is -0.310 e. The molecule has 7 heteroatoms. The van der Waals surface area contributed by atoms with E-state index in [-0.39, 0.29) is 0 Å². The van der Waals surface area contributed by atoms with Crippen LogP contribution in [0.15, 0.2) is 6.20 Å². The zero-order valence-corrected chi connectivity index (χ0v) is 10.1. The van der Waals surface area contributed by atoms with Gasteiger partial charge in [-0.2, -0.15) is 15.4 Å². The maximum Gasteiger partial charge on any atom is 0.169 e. The predicted octanol–water partition coefficient (Wildman–Crippen LogP) is 1.07. The standard InChI is InChI=1S/C9H14N6S/c1-6(2)3-10-5-8-13-14-9(16-8)7-4-11-15-12-7/h4,6,10H,3,5H2,1-2H3,(H,11,12,15). The van der Waals surface area contributed by atoms with Gasteiger partial charge in [-0.1, -0.05) is 25.2 Å². The van der Waals surface area contributed by atoms with Crippen LogP contribution in [-0.2, 0) is 6.54 Å². The Kier molecular flexibility index (Phi) is 3.58. The molecule has 2 N–H and O–H groups in total. The highest BCUT2D eigenvalue weighted by atomic mass is 32.1. The van der Waals surface area contributed by atoms with Crippen molar-refractivity contribution in [2.45, 2.75) is 20.4 Å². The Labute approximate surface area is 97.5 Å². The average molecular weight is 238 g/mol. The molecule has 2 aromatic rings. The quantitative estimate of drug-likeness (QED) is 0.814. The first kappa shape index (κ1) is 11.2. The minimum absolute atomic E-state index is 0.642. The number of hydrogen-bond acceptors (Lipinski definition) is 6. The lowest BCUT2D eigenvalue weighted by Gasteiger charge is -2.03. The van der Waals surface area contributed by atoms with E-state index in [1.54, 1.807) is 6.20 Å². The maximum absolute atomic E-state index is 4.09. The van der Waals surface area contributed by atoms with Gasteiger partial charge in [0.05, 0.1) is 6.20 Å². The smallest absolute Gasteiger partial charge is 0.169 e. The number of nitrogens with zero attached hydrogens (tertiary/aromatic N) is 4. The van der Waals surface area contributed by atoms with Crippen molar-refractivity contribution in [3.8, 4) is 10.7 Å². The molecule has 6 nitrogen and oxygen atoms in total. The molecule has 2 aromatic heterocycles. The monoisotopic (exact) mass is 238 g/mol. The van der Waals surface area contributed by atoms with Crippen molar-refractivity contribution in [2.75, 3.05) is 6.54 Å². The first-order chi connectivity index (χ1) is 7.75. The maximum atomic E-state index is 4.09. The molecule has 0 fully saturated rings. The van der Waals surface area contributed by atoms with E-state index in [2.05, 4.69) is 44.8 Å². The van der Waals surface area contributed by atoms with Crippen LogP contribution in [0.25, 0.3) is 10.7 Å². The lowest BCUT2D eigenvalue weighted by atomic mass is 10.2. The van der Waals surface area contributed by atoms with Gasteiger partial charge in [0.1, 0.15) is 10.7 Å². The summed E-state index contributed by atoms with van der Waals surface area (Å²) in [6.45, 7) is 6.09. The Bertz CT molecular complexity index is 421. The van der Waals surface area contributed by atoms with Crippen LogP contribution in [0, 0.1) is 5.92 Å². The molecular formula is C9H14N6S. The lowest BCUT2D eigenvalue weighted by molar-refractivity contribution is 0.550. The van der Waals surface area contributed by atoms with Crippen LogP contribution in [0.5, 0.6) is 0 Å². The third kappa shape index (κ3) is 2.83. The zero-order chi connectivity index (χ0) is 11.4. The van der Waals surface area contributed by atoms with Gasteiger partial charge in [0, 0.05) is 6.54 Å². The number of H-pyrrole nitrogens is 1. The zero-order valence-electron chi connectivity index (χ0n) is 9.27. The largest absolute Gasteiger partial charge is 0.310 e. The van der Waals surface area contributed by atoms with Gasteiger partial charge < -0.3 is 5.32 Å². The van der Waals surface area contributed by atoms with Crippen molar-refractivity contribution in [3.63, 3.8) is 0 Å². The number of aromatic nitrogens is 5. The van der Waals surface area contributed by atoms with E-state index in [0.29, 0.717) is 5.92 Å². The summed E-state index contributed by atoms with van der Waals surface area (Å²) in [6.07, 6.45) is 1.64. The third-order valence-electron chi connectivity index (χ3n) is 1.93. The molecule has 0 saturated heterocycles. The first-order valence-electron chi connectivity index (χ1n) is 5.15. The van der Waals surface area contributed by atoms with Crippen molar-refractivity contribution in [2.24, 2.45) is 5.92 Å². The van der Waals surface area contributed by atoms with Crippen LogP contribution >= 0.6 is 11.3 Å². The molecule has 0 unspecified atom stereocenters. The third-order valence-corrected chi connectivity index (χ3v) is 2.88. The molecule has 0 saturated carbocycles. The van der Waals surface area contributed by atoms with Gasteiger partial charge in [0.2, 0.25) is 0 Å². The fourth-order valence-electron chi connectivity index (χ4n) is 1.20. The minimum atomic E-state index is 0.642. The highest BCUT2D eigenvalue weighted by molar-refractivity contribution is 7.14. The van der Waals surface area contributed by atoms with Gasteiger partial charge >= 0.3 is 0 Å². The number of hydrogen-bond donors (Lipinski definition) is 2. The van der Waals surface area contributed by atoms with Gasteiger partial charge in [0.25, 0.3) is 0 Å². The second-order valence-electron chi connectivity index (χ2n) is 3.88. The van der Waals surface area contributed by atoms with Crippen LogP contribution < -0.4 is 5.32 Å². The summed E-state index contributed by atoms with van der Waals surface area (Å²) >= 11 is 1.54. The summed E-state index contributed by atoms with van der Waals surface area (Å²) in [5.41, 5.74) is 0.743. The molecule has 0 atom stereocenters. The Balaban J connectivity index is 1.93. The number of rotatable bonds is 5. The molecule has 0 aliphatic heterocycles. The first-order valence-corrected chi connectivity index (χ1v) is 5.96. The number of nitrogens with one attached hydrogen (secondary N) is 2. The van der Waals surface area contributed by atoms with Crippen molar-refractivity contribution in [1.29, 1.82) is 0 Å². The summed E-state index contributed by atoms with van der Waals surface area (Å²) in [4.78, 5) is 0. The van der Waals surface area contributed by atoms with Gasteiger partial charge in [-0.15, -0.1) is 10.2 Å². The van der Waals surface area contributed by atoms with E-state index in [9.17, 15) is 0 Å². The van der Waals surface area contributed by atoms with E-state index in [0.717, 1.165) is 28.8 Å². The molecule has 16 heavy (non-hydrogen) atoms. The molecular weight excluding hydrogens is 224 g/mol. The molecule has 0 amide bonds. The van der Waals surface area contributed by atoms with E-state index >= 15 is 0 Å².